The summed E-state index contributed by atoms with van der Waals surface area (Å²) in [6.07, 6.45) is 5.80. The van der Waals surface area contributed by atoms with Crippen molar-refractivity contribution in [1.82, 2.24) is 9.88 Å². The van der Waals surface area contributed by atoms with Crippen LogP contribution < -0.4 is 5.32 Å². The molecule has 26 heavy (non-hydrogen) atoms. The number of carbonyl (C=O) groups excluding carboxylic acids is 1. The first-order valence-corrected chi connectivity index (χ1v) is 10.0. The molecule has 0 unspecified atom stereocenters. The van der Waals surface area contributed by atoms with Crippen LogP contribution in [0.2, 0.25) is 0 Å². The van der Waals surface area contributed by atoms with Crippen molar-refractivity contribution in [2.75, 3.05) is 30.7 Å². The first-order chi connectivity index (χ1) is 12.7. The summed E-state index contributed by atoms with van der Waals surface area (Å²) in [5, 5.41) is 3.74. The third-order valence-corrected chi connectivity index (χ3v) is 5.38. The van der Waals surface area contributed by atoms with E-state index in [2.05, 4.69) is 15.2 Å². The normalized spacial score (nSPS) is 15.0. The number of anilines is 1. The van der Waals surface area contributed by atoms with E-state index >= 15 is 0 Å². The smallest absolute Gasteiger partial charge is 0.228 e. The number of carbonyl (C=O) groups is 1. The van der Waals surface area contributed by atoms with Gasteiger partial charge in [-0.05, 0) is 55.8 Å². The highest BCUT2D eigenvalue weighted by Gasteiger charge is 2.12. The number of nitrogens with zero attached hydrogens (tertiary/aromatic N) is 2. The predicted octanol–water partition coefficient (Wildman–Crippen LogP) is 3.98. The Morgan fingerprint density at radius 2 is 2.04 bits per heavy atom. The van der Waals surface area contributed by atoms with E-state index in [1.807, 2.05) is 12.1 Å². The Morgan fingerprint density at radius 3 is 2.85 bits per heavy atom. The first kappa shape index (κ1) is 18.9. The summed E-state index contributed by atoms with van der Waals surface area (Å²) < 4.78 is 13.3. The molecule has 1 saturated heterocycles. The van der Waals surface area contributed by atoms with Gasteiger partial charge in [-0.3, -0.25) is 4.79 Å². The average Bonchev–Trinajstić information content (AvgIpc) is 2.64. The van der Waals surface area contributed by atoms with E-state index in [1.165, 1.54) is 44.5 Å². The number of hydrogen-bond acceptors (Lipinski definition) is 4. The zero-order valence-electron chi connectivity index (χ0n) is 14.8. The minimum absolute atomic E-state index is 0.143. The lowest BCUT2D eigenvalue weighted by atomic mass is 10.1. The highest BCUT2D eigenvalue weighted by atomic mass is 32.2. The maximum Gasteiger partial charge on any atom is 0.228 e. The Labute approximate surface area is 158 Å². The van der Waals surface area contributed by atoms with Crippen LogP contribution in [-0.4, -0.2) is 41.2 Å². The molecule has 2 heterocycles. The summed E-state index contributed by atoms with van der Waals surface area (Å²) in [7, 11) is 0. The third kappa shape index (κ3) is 5.81. The van der Waals surface area contributed by atoms with Gasteiger partial charge in [-0.25, -0.2) is 9.37 Å². The van der Waals surface area contributed by atoms with E-state index in [9.17, 15) is 9.18 Å². The van der Waals surface area contributed by atoms with Crippen LogP contribution in [-0.2, 0) is 11.2 Å². The molecule has 1 amide bonds. The molecule has 1 aromatic carbocycles. The largest absolute Gasteiger partial charge is 0.323 e. The summed E-state index contributed by atoms with van der Waals surface area (Å²) in [5.41, 5.74) is 1.38. The number of piperidine rings is 1. The van der Waals surface area contributed by atoms with E-state index in [-0.39, 0.29) is 18.1 Å². The minimum Gasteiger partial charge on any atom is -0.323 e. The van der Waals surface area contributed by atoms with Gasteiger partial charge < -0.3 is 10.2 Å². The first-order valence-electron chi connectivity index (χ1n) is 9.05. The van der Waals surface area contributed by atoms with Gasteiger partial charge in [0.1, 0.15) is 10.8 Å². The molecule has 1 aromatic heterocycles. The SMILES string of the molecule is O=C(Cc1cccc(F)c1)Nc1cccnc1SCCN1CCCCC1. The molecule has 6 heteroatoms. The minimum atomic E-state index is -0.328. The van der Waals surface area contributed by atoms with Crippen LogP contribution in [0.1, 0.15) is 24.8 Å². The molecule has 1 fully saturated rings. The van der Waals surface area contributed by atoms with Crippen LogP contribution in [0.4, 0.5) is 10.1 Å². The highest BCUT2D eigenvalue weighted by molar-refractivity contribution is 7.99. The zero-order chi connectivity index (χ0) is 18.2. The Morgan fingerprint density at radius 1 is 1.19 bits per heavy atom. The van der Waals surface area contributed by atoms with Gasteiger partial charge in [0.2, 0.25) is 5.91 Å². The lowest BCUT2D eigenvalue weighted by molar-refractivity contribution is -0.115. The fraction of sp³-hybridized carbons (Fsp3) is 0.400. The molecule has 4 nitrogen and oxygen atoms in total. The van der Waals surface area contributed by atoms with Crippen molar-refractivity contribution < 1.29 is 9.18 Å². The molecule has 0 atom stereocenters. The van der Waals surface area contributed by atoms with Crippen LogP contribution in [0.3, 0.4) is 0 Å². The molecule has 0 saturated carbocycles. The van der Waals surface area contributed by atoms with Crippen LogP contribution in [0.15, 0.2) is 47.6 Å². The number of likely N-dealkylation sites (tertiary alicyclic amines) is 1. The highest BCUT2D eigenvalue weighted by Crippen LogP contribution is 2.25. The quantitative estimate of drug-likeness (QED) is 0.746. The van der Waals surface area contributed by atoms with E-state index in [0.29, 0.717) is 5.56 Å². The predicted molar refractivity (Wildman–Crippen MR) is 104 cm³/mol. The van der Waals surface area contributed by atoms with E-state index in [1.54, 1.807) is 30.1 Å². The Balaban J connectivity index is 1.53. The second kappa shape index (κ2) is 9.69. The molecule has 138 valence electrons. The van der Waals surface area contributed by atoms with Crippen LogP contribution >= 0.6 is 11.8 Å². The molecule has 3 rings (SSSR count). The van der Waals surface area contributed by atoms with Gasteiger partial charge in [-0.2, -0.15) is 0 Å². The van der Waals surface area contributed by atoms with Crippen LogP contribution in [0, 0.1) is 5.82 Å². The van der Waals surface area contributed by atoms with Crippen LogP contribution in [0.5, 0.6) is 0 Å². The number of amides is 1. The fourth-order valence-corrected chi connectivity index (χ4v) is 4.03. The van der Waals surface area contributed by atoms with Gasteiger partial charge in [0.25, 0.3) is 0 Å². The molecule has 0 bridgehead atoms. The Kier molecular flexibility index (Phi) is 7.03. The number of hydrogen-bond donors (Lipinski definition) is 1. The third-order valence-electron chi connectivity index (χ3n) is 4.39. The van der Waals surface area contributed by atoms with Gasteiger partial charge in [-0.15, -0.1) is 11.8 Å². The maximum absolute atomic E-state index is 13.3. The summed E-state index contributed by atoms with van der Waals surface area (Å²) in [5.74, 6) is 0.455. The Hall–Kier alpha value is -1.92. The lowest BCUT2D eigenvalue weighted by Crippen LogP contribution is -2.31. The number of benzene rings is 1. The molecule has 0 radical (unpaired) electrons. The van der Waals surface area contributed by atoms with Crippen molar-refractivity contribution in [3.8, 4) is 0 Å². The summed E-state index contributed by atoms with van der Waals surface area (Å²) in [6.45, 7) is 3.40. The zero-order valence-corrected chi connectivity index (χ0v) is 15.6. The van der Waals surface area contributed by atoms with E-state index in [0.717, 1.165) is 23.0 Å². The van der Waals surface area contributed by atoms with Gasteiger partial charge in [0.05, 0.1) is 12.1 Å². The standard InChI is InChI=1S/C20H24FN3OS/c21-17-7-4-6-16(14-17)15-19(25)23-18-8-5-9-22-20(18)26-13-12-24-10-2-1-3-11-24/h4-9,14H,1-3,10-13,15H2,(H,23,25). The number of nitrogens with one attached hydrogen (secondary N) is 1. The number of aromatic nitrogens is 1. The van der Waals surface area contributed by atoms with Crippen molar-refractivity contribution in [1.29, 1.82) is 0 Å². The average molecular weight is 373 g/mol. The molecule has 0 aliphatic carbocycles. The number of thioether (sulfide) groups is 1. The molecule has 0 spiro atoms. The molecule has 1 aliphatic rings. The lowest BCUT2D eigenvalue weighted by Gasteiger charge is -2.26. The molecule has 1 N–H and O–H groups in total. The summed E-state index contributed by atoms with van der Waals surface area (Å²) >= 11 is 1.66. The number of pyridine rings is 1. The fourth-order valence-electron chi connectivity index (χ4n) is 3.08. The number of rotatable bonds is 7. The van der Waals surface area contributed by atoms with Gasteiger partial charge in [0.15, 0.2) is 0 Å². The van der Waals surface area contributed by atoms with E-state index < -0.39 is 0 Å². The maximum atomic E-state index is 13.3. The second-order valence-electron chi connectivity index (χ2n) is 6.46. The van der Waals surface area contributed by atoms with Gasteiger partial charge in [0, 0.05) is 18.5 Å². The summed E-state index contributed by atoms with van der Waals surface area (Å²) in [4.78, 5) is 19.2. The van der Waals surface area contributed by atoms with Crippen molar-refractivity contribution in [2.24, 2.45) is 0 Å². The van der Waals surface area contributed by atoms with Gasteiger partial charge in [-0.1, -0.05) is 18.6 Å². The van der Waals surface area contributed by atoms with Gasteiger partial charge >= 0.3 is 0 Å². The molecular weight excluding hydrogens is 349 g/mol. The van der Waals surface area contributed by atoms with E-state index in [4.69, 9.17) is 0 Å². The molecule has 1 aliphatic heterocycles. The second-order valence-corrected chi connectivity index (χ2v) is 7.55. The monoisotopic (exact) mass is 373 g/mol. The topological polar surface area (TPSA) is 45.2 Å². The Bertz CT molecular complexity index is 735. The number of halogens is 1. The molecule has 2 aromatic rings. The van der Waals surface area contributed by atoms with Crippen molar-refractivity contribution >= 4 is 23.4 Å². The van der Waals surface area contributed by atoms with Crippen molar-refractivity contribution in [3.63, 3.8) is 0 Å². The summed E-state index contributed by atoms with van der Waals surface area (Å²) in [6, 6.07) is 9.80. The van der Waals surface area contributed by atoms with Crippen LogP contribution in [0.25, 0.3) is 0 Å². The molecular formula is C20H24FN3OS. The van der Waals surface area contributed by atoms with Crippen molar-refractivity contribution in [2.45, 2.75) is 30.7 Å². The van der Waals surface area contributed by atoms with Crippen molar-refractivity contribution in [3.05, 3.63) is 54.0 Å².